The third-order valence-electron chi connectivity index (χ3n) is 4.06. The first-order chi connectivity index (χ1) is 14.8. The molecule has 0 saturated carbocycles. The van der Waals surface area contributed by atoms with E-state index in [1.807, 2.05) is 73.7 Å². The summed E-state index contributed by atoms with van der Waals surface area (Å²) in [4.78, 5) is 12.0. The summed E-state index contributed by atoms with van der Waals surface area (Å²) in [5.74, 6) is 1.42. The monoisotopic (exact) mass is 404 g/mol. The summed E-state index contributed by atoms with van der Waals surface area (Å²) in [5, 5.41) is 4.01. The molecular weight excluding hydrogens is 380 g/mol. The summed E-state index contributed by atoms with van der Waals surface area (Å²) in [6.45, 7) is 2.68. The minimum absolute atomic E-state index is 0.173. The van der Waals surface area contributed by atoms with Crippen molar-refractivity contribution in [1.82, 2.24) is 5.43 Å². The molecule has 0 atom stereocenters. The number of carbonyl (C=O) groups excluding carboxylic acids is 1. The van der Waals surface area contributed by atoms with Gasteiger partial charge in [0.05, 0.1) is 12.8 Å². The summed E-state index contributed by atoms with van der Waals surface area (Å²) in [6.07, 6.45) is 1.55. The second-order valence-corrected chi connectivity index (χ2v) is 6.27. The van der Waals surface area contributed by atoms with E-state index in [0.717, 1.165) is 11.1 Å². The van der Waals surface area contributed by atoms with Gasteiger partial charge in [0.1, 0.15) is 12.4 Å². The Bertz CT molecular complexity index is 974. The van der Waals surface area contributed by atoms with Crippen LogP contribution in [0.1, 0.15) is 18.1 Å². The lowest BCUT2D eigenvalue weighted by Gasteiger charge is -2.10. The second kappa shape index (κ2) is 11.3. The van der Waals surface area contributed by atoms with E-state index in [9.17, 15) is 4.79 Å². The Balaban J connectivity index is 1.52. The molecule has 0 aromatic heterocycles. The normalized spacial score (nSPS) is 10.6. The van der Waals surface area contributed by atoms with Gasteiger partial charge in [-0.3, -0.25) is 4.79 Å². The van der Waals surface area contributed by atoms with E-state index in [2.05, 4.69) is 10.5 Å². The van der Waals surface area contributed by atoms with Crippen LogP contribution in [-0.2, 0) is 11.4 Å². The minimum Gasteiger partial charge on any atom is -0.490 e. The van der Waals surface area contributed by atoms with Crippen LogP contribution in [0.2, 0.25) is 0 Å². The van der Waals surface area contributed by atoms with Crippen molar-refractivity contribution in [3.05, 3.63) is 90.0 Å². The maximum absolute atomic E-state index is 12.0. The Morgan fingerprint density at radius 3 is 2.20 bits per heavy atom. The first-order valence-electron chi connectivity index (χ1n) is 9.68. The standard InChI is InChI=1S/C24H24N2O4/c1-2-28-22-14-8-9-15-23(22)30-18-24(27)26-25-16-20-12-6-7-13-21(20)29-17-19-10-4-3-5-11-19/h3-16H,2,17-18H2,1H3,(H,26,27)/b25-16+. The molecule has 0 spiro atoms. The maximum Gasteiger partial charge on any atom is 0.277 e. The number of carbonyl (C=O) groups is 1. The van der Waals surface area contributed by atoms with Gasteiger partial charge in [0.15, 0.2) is 18.1 Å². The summed E-state index contributed by atoms with van der Waals surface area (Å²) in [5.41, 5.74) is 4.29. The number of hydrogen-bond acceptors (Lipinski definition) is 5. The highest BCUT2D eigenvalue weighted by Crippen LogP contribution is 2.26. The molecule has 0 fully saturated rings. The lowest BCUT2D eigenvalue weighted by molar-refractivity contribution is -0.123. The smallest absolute Gasteiger partial charge is 0.277 e. The molecule has 154 valence electrons. The SMILES string of the molecule is CCOc1ccccc1OCC(=O)N/N=C/c1ccccc1OCc1ccccc1. The molecule has 1 amide bonds. The zero-order chi connectivity index (χ0) is 21.0. The summed E-state index contributed by atoms with van der Waals surface area (Å²) in [6, 6.07) is 24.6. The van der Waals surface area contributed by atoms with Crippen molar-refractivity contribution in [3.63, 3.8) is 0 Å². The van der Waals surface area contributed by atoms with Crippen LogP contribution in [0.4, 0.5) is 0 Å². The predicted molar refractivity (Wildman–Crippen MR) is 116 cm³/mol. The Morgan fingerprint density at radius 1 is 0.833 bits per heavy atom. The number of rotatable bonds is 10. The third-order valence-corrected chi connectivity index (χ3v) is 4.06. The maximum atomic E-state index is 12.0. The number of hydrazone groups is 1. The van der Waals surface area contributed by atoms with E-state index in [1.54, 1.807) is 18.3 Å². The van der Waals surface area contributed by atoms with Crippen molar-refractivity contribution < 1.29 is 19.0 Å². The topological polar surface area (TPSA) is 69.2 Å². The van der Waals surface area contributed by atoms with Crippen LogP contribution in [0.5, 0.6) is 17.2 Å². The Hall–Kier alpha value is -3.80. The number of nitrogens with zero attached hydrogens (tertiary/aromatic N) is 1. The minimum atomic E-state index is -0.375. The van der Waals surface area contributed by atoms with Gasteiger partial charge in [-0.2, -0.15) is 5.10 Å². The zero-order valence-corrected chi connectivity index (χ0v) is 16.8. The predicted octanol–water partition coefficient (Wildman–Crippen LogP) is 4.19. The van der Waals surface area contributed by atoms with Gasteiger partial charge in [0.25, 0.3) is 5.91 Å². The van der Waals surface area contributed by atoms with Crippen molar-refractivity contribution in [2.45, 2.75) is 13.5 Å². The molecule has 3 aromatic rings. The molecule has 6 nitrogen and oxygen atoms in total. The molecule has 0 bridgehead atoms. The van der Waals surface area contributed by atoms with Crippen LogP contribution < -0.4 is 19.6 Å². The van der Waals surface area contributed by atoms with Crippen molar-refractivity contribution in [3.8, 4) is 17.2 Å². The highest BCUT2D eigenvalue weighted by molar-refractivity contribution is 5.85. The summed E-state index contributed by atoms with van der Waals surface area (Å²) < 4.78 is 16.9. The molecule has 1 N–H and O–H groups in total. The Kier molecular flexibility index (Phi) is 7.85. The fraction of sp³-hybridized carbons (Fsp3) is 0.167. The molecule has 0 unspecified atom stereocenters. The van der Waals surface area contributed by atoms with Gasteiger partial charge in [-0.1, -0.05) is 54.6 Å². The number of hydrogen-bond donors (Lipinski definition) is 1. The average molecular weight is 404 g/mol. The Morgan fingerprint density at radius 2 is 1.47 bits per heavy atom. The van der Waals surface area contributed by atoms with Gasteiger partial charge in [-0.15, -0.1) is 0 Å². The number of amides is 1. The average Bonchev–Trinajstić information content (AvgIpc) is 2.79. The van der Waals surface area contributed by atoms with Gasteiger partial charge in [-0.25, -0.2) is 5.43 Å². The quantitative estimate of drug-likeness (QED) is 0.406. The number of ether oxygens (including phenoxy) is 3. The lowest BCUT2D eigenvalue weighted by Crippen LogP contribution is -2.24. The van der Waals surface area contributed by atoms with E-state index >= 15 is 0 Å². The molecule has 0 aliphatic rings. The molecule has 6 heteroatoms. The molecule has 0 radical (unpaired) electrons. The fourth-order valence-electron chi connectivity index (χ4n) is 2.65. The van der Waals surface area contributed by atoms with Gasteiger partial charge in [0, 0.05) is 5.56 Å². The zero-order valence-electron chi connectivity index (χ0n) is 16.8. The van der Waals surface area contributed by atoms with Gasteiger partial charge < -0.3 is 14.2 Å². The third kappa shape index (κ3) is 6.38. The van der Waals surface area contributed by atoms with Gasteiger partial charge in [-0.05, 0) is 36.8 Å². The van der Waals surface area contributed by atoms with Crippen molar-refractivity contribution >= 4 is 12.1 Å². The molecule has 0 aliphatic carbocycles. The van der Waals surface area contributed by atoms with Gasteiger partial charge in [0.2, 0.25) is 0 Å². The molecule has 0 aliphatic heterocycles. The summed E-state index contributed by atoms with van der Waals surface area (Å²) in [7, 11) is 0. The Labute approximate surface area is 176 Å². The molecule has 30 heavy (non-hydrogen) atoms. The van der Waals surface area contributed by atoms with E-state index in [1.165, 1.54) is 0 Å². The van der Waals surface area contributed by atoms with Crippen molar-refractivity contribution in [2.75, 3.05) is 13.2 Å². The van der Waals surface area contributed by atoms with Crippen LogP contribution in [0.25, 0.3) is 0 Å². The van der Waals surface area contributed by atoms with E-state index in [-0.39, 0.29) is 12.5 Å². The van der Waals surface area contributed by atoms with E-state index in [0.29, 0.717) is 30.5 Å². The molecular formula is C24H24N2O4. The van der Waals surface area contributed by atoms with Crippen LogP contribution in [0.15, 0.2) is 84.0 Å². The highest BCUT2D eigenvalue weighted by Gasteiger charge is 2.07. The fourth-order valence-corrected chi connectivity index (χ4v) is 2.65. The number of benzene rings is 3. The number of para-hydroxylation sites is 3. The molecule has 0 heterocycles. The highest BCUT2D eigenvalue weighted by atomic mass is 16.5. The van der Waals surface area contributed by atoms with Crippen LogP contribution in [0, 0.1) is 0 Å². The van der Waals surface area contributed by atoms with Crippen LogP contribution >= 0.6 is 0 Å². The number of nitrogens with one attached hydrogen (secondary N) is 1. The van der Waals surface area contributed by atoms with E-state index < -0.39 is 0 Å². The summed E-state index contributed by atoms with van der Waals surface area (Å²) >= 11 is 0. The largest absolute Gasteiger partial charge is 0.490 e. The second-order valence-electron chi connectivity index (χ2n) is 6.27. The first-order valence-corrected chi connectivity index (χ1v) is 9.68. The lowest BCUT2D eigenvalue weighted by atomic mass is 10.2. The van der Waals surface area contributed by atoms with E-state index in [4.69, 9.17) is 14.2 Å². The first kappa shape index (κ1) is 20.9. The molecule has 3 aromatic carbocycles. The van der Waals surface area contributed by atoms with Gasteiger partial charge >= 0.3 is 0 Å². The molecule has 3 rings (SSSR count). The van der Waals surface area contributed by atoms with Crippen LogP contribution in [0.3, 0.4) is 0 Å². The van der Waals surface area contributed by atoms with Crippen molar-refractivity contribution in [2.24, 2.45) is 5.10 Å². The molecule has 0 saturated heterocycles. The van der Waals surface area contributed by atoms with Crippen molar-refractivity contribution in [1.29, 1.82) is 0 Å². The van der Waals surface area contributed by atoms with Crippen LogP contribution in [-0.4, -0.2) is 25.3 Å².